The van der Waals surface area contributed by atoms with Gasteiger partial charge in [-0.25, -0.2) is 9.97 Å². The van der Waals surface area contributed by atoms with Crippen molar-refractivity contribution in [3.63, 3.8) is 0 Å². The van der Waals surface area contributed by atoms with Gasteiger partial charge in [0.1, 0.15) is 0 Å². The van der Waals surface area contributed by atoms with Gasteiger partial charge in [-0.15, -0.1) is 0 Å². The van der Waals surface area contributed by atoms with E-state index in [2.05, 4.69) is 19.9 Å². The molecule has 4 nitrogen and oxygen atoms in total. The fourth-order valence-corrected chi connectivity index (χ4v) is 1.94. The average Bonchev–Trinajstić information content (AvgIpc) is 2.86. The zero-order valence-corrected chi connectivity index (χ0v) is 9.30. The summed E-state index contributed by atoms with van der Waals surface area (Å²) in [5.41, 5.74) is 4.38. The lowest BCUT2D eigenvalue weighted by Gasteiger charge is -2.02. The van der Waals surface area contributed by atoms with Gasteiger partial charge in [0.15, 0.2) is 5.65 Å². The third-order valence-corrected chi connectivity index (χ3v) is 2.85. The molecule has 0 bridgehead atoms. The molecule has 3 rings (SSSR count). The Morgan fingerprint density at radius 3 is 2.71 bits per heavy atom. The van der Waals surface area contributed by atoms with E-state index in [1.54, 1.807) is 6.33 Å². The Bertz CT molecular complexity index is 615. The van der Waals surface area contributed by atoms with E-state index in [1.807, 2.05) is 36.8 Å². The lowest BCUT2D eigenvalue weighted by Crippen LogP contribution is -1.93. The van der Waals surface area contributed by atoms with Crippen LogP contribution in [0, 0.1) is 0 Å². The van der Waals surface area contributed by atoms with Crippen LogP contribution >= 0.6 is 0 Å². The van der Waals surface area contributed by atoms with Gasteiger partial charge < -0.3 is 4.98 Å². The minimum atomic E-state index is 0.789. The molecular formula is C13H12N4. The van der Waals surface area contributed by atoms with Gasteiger partial charge in [0.2, 0.25) is 0 Å². The molecule has 0 fully saturated rings. The molecule has 0 radical (unpaired) electrons. The number of pyridine rings is 2. The number of imidazole rings is 1. The second-order valence-corrected chi connectivity index (χ2v) is 3.93. The van der Waals surface area contributed by atoms with Crippen molar-refractivity contribution in [3.05, 3.63) is 54.2 Å². The van der Waals surface area contributed by atoms with Gasteiger partial charge in [-0.05, 0) is 42.2 Å². The molecule has 0 aliphatic heterocycles. The molecule has 0 spiro atoms. The SMILES string of the molecule is c1cc(CCc2ccnc3nc[nH]c23)ccn1. The molecule has 4 heteroatoms. The number of hydrogen-bond acceptors (Lipinski definition) is 3. The maximum atomic E-state index is 4.20. The van der Waals surface area contributed by atoms with E-state index in [1.165, 1.54) is 11.1 Å². The maximum Gasteiger partial charge on any atom is 0.177 e. The summed E-state index contributed by atoms with van der Waals surface area (Å²) >= 11 is 0. The highest BCUT2D eigenvalue weighted by atomic mass is 14.9. The topological polar surface area (TPSA) is 54.5 Å². The van der Waals surface area contributed by atoms with Crippen molar-refractivity contribution in [2.45, 2.75) is 12.8 Å². The molecule has 0 atom stereocenters. The van der Waals surface area contributed by atoms with Gasteiger partial charge >= 0.3 is 0 Å². The van der Waals surface area contributed by atoms with E-state index in [4.69, 9.17) is 0 Å². The average molecular weight is 224 g/mol. The number of nitrogens with zero attached hydrogens (tertiary/aromatic N) is 3. The van der Waals surface area contributed by atoms with Crippen molar-refractivity contribution in [1.29, 1.82) is 0 Å². The van der Waals surface area contributed by atoms with E-state index in [-0.39, 0.29) is 0 Å². The van der Waals surface area contributed by atoms with Crippen molar-refractivity contribution in [3.8, 4) is 0 Å². The van der Waals surface area contributed by atoms with Crippen molar-refractivity contribution < 1.29 is 0 Å². The molecule has 0 saturated heterocycles. The lowest BCUT2D eigenvalue weighted by atomic mass is 10.1. The standard InChI is InChI=1S/C13H12N4/c1(10-3-6-14-7-4-10)2-11-5-8-15-13-12(11)16-9-17-13/h3-9H,1-2H2,(H,15,16,17). The zero-order chi connectivity index (χ0) is 11.5. The number of hydrogen-bond donors (Lipinski definition) is 1. The minimum Gasteiger partial charge on any atom is -0.343 e. The van der Waals surface area contributed by atoms with Crippen molar-refractivity contribution in [1.82, 2.24) is 19.9 Å². The van der Waals surface area contributed by atoms with Crippen LogP contribution in [0.3, 0.4) is 0 Å². The third kappa shape index (κ3) is 2.01. The minimum absolute atomic E-state index is 0.789. The molecule has 0 unspecified atom stereocenters. The normalized spacial score (nSPS) is 10.8. The highest BCUT2D eigenvalue weighted by molar-refractivity contribution is 5.73. The first-order chi connectivity index (χ1) is 8.43. The predicted octanol–water partition coefficient (Wildman–Crippen LogP) is 2.14. The van der Waals surface area contributed by atoms with E-state index < -0.39 is 0 Å². The first kappa shape index (κ1) is 9.96. The van der Waals surface area contributed by atoms with Crippen LogP contribution in [0.25, 0.3) is 11.2 Å². The van der Waals surface area contributed by atoms with Gasteiger partial charge in [-0.2, -0.15) is 0 Å². The first-order valence-corrected chi connectivity index (χ1v) is 5.59. The van der Waals surface area contributed by atoms with Crippen LogP contribution in [0.15, 0.2) is 43.1 Å². The van der Waals surface area contributed by atoms with Gasteiger partial charge in [0, 0.05) is 18.6 Å². The fraction of sp³-hybridized carbons (Fsp3) is 0.154. The summed E-state index contributed by atoms with van der Waals surface area (Å²) < 4.78 is 0. The zero-order valence-electron chi connectivity index (χ0n) is 9.30. The summed E-state index contributed by atoms with van der Waals surface area (Å²) in [5, 5.41) is 0. The molecule has 0 aromatic carbocycles. The quantitative estimate of drug-likeness (QED) is 0.741. The second-order valence-electron chi connectivity index (χ2n) is 3.93. The molecule has 3 aromatic rings. The highest BCUT2D eigenvalue weighted by Gasteiger charge is 2.03. The lowest BCUT2D eigenvalue weighted by molar-refractivity contribution is 0.958. The van der Waals surface area contributed by atoms with Crippen LogP contribution in [0.2, 0.25) is 0 Å². The molecule has 1 N–H and O–H groups in total. The van der Waals surface area contributed by atoms with E-state index in [0.29, 0.717) is 0 Å². The van der Waals surface area contributed by atoms with Gasteiger partial charge in [0.25, 0.3) is 0 Å². The van der Waals surface area contributed by atoms with Gasteiger partial charge in [-0.3, -0.25) is 4.98 Å². The number of aryl methyl sites for hydroxylation is 2. The van der Waals surface area contributed by atoms with E-state index in [9.17, 15) is 0 Å². The van der Waals surface area contributed by atoms with Gasteiger partial charge in [0.05, 0.1) is 11.8 Å². The molecule has 3 heterocycles. The van der Waals surface area contributed by atoms with E-state index in [0.717, 1.165) is 24.0 Å². The van der Waals surface area contributed by atoms with Crippen LogP contribution in [0.5, 0.6) is 0 Å². The number of aromatic nitrogens is 4. The Labute approximate surface area is 98.8 Å². The summed E-state index contributed by atoms with van der Waals surface area (Å²) in [5.74, 6) is 0. The molecule has 0 aliphatic carbocycles. The van der Waals surface area contributed by atoms with E-state index >= 15 is 0 Å². The highest BCUT2D eigenvalue weighted by Crippen LogP contribution is 2.14. The van der Waals surface area contributed by atoms with Crippen LogP contribution in [-0.4, -0.2) is 19.9 Å². The monoisotopic (exact) mass is 224 g/mol. The second kappa shape index (κ2) is 4.33. The van der Waals surface area contributed by atoms with Crippen LogP contribution in [-0.2, 0) is 12.8 Å². The Hall–Kier alpha value is -2.23. The van der Waals surface area contributed by atoms with Crippen LogP contribution in [0.4, 0.5) is 0 Å². The number of aromatic amines is 1. The first-order valence-electron chi connectivity index (χ1n) is 5.59. The third-order valence-electron chi connectivity index (χ3n) is 2.85. The predicted molar refractivity (Wildman–Crippen MR) is 65.5 cm³/mol. The Morgan fingerprint density at radius 2 is 1.82 bits per heavy atom. The molecule has 3 aromatic heterocycles. The van der Waals surface area contributed by atoms with Crippen LogP contribution < -0.4 is 0 Å². The summed E-state index contributed by atoms with van der Waals surface area (Å²) in [6.07, 6.45) is 9.13. The summed E-state index contributed by atoms with van der Waals surface area (Å²) in [4.78, 5) is 15.5. The summed E-state index contributed by atoms with van der Waals surface area (Å²) in [6, 6.07) is 6.14. The Kier molecular flexibility index (Phi) is 2.54. The van der Waals surface area contributed by atoms with Crippen LogP contribution in [0.1, 0.15) is 11.1 Å². The van der Waals surface area contributed by atoms with Crippen molar-refractivity contribution in [2.75, 3.05) is 0 Å². The van der Waals surface area contributed by atoms with Crippen molar-refractivity contribution in [2.24, 2.45) is 0 Å². The maximum absolute atomic E-state index is 4.20. The Balaban J connectivity index is 1.84. The molecule has 0 amide bonds. The number of H-pyrrole nitrogens is 1. The number of fused-ring (bicyclic) bond motifs is 1. The van der Waals surface area contributed by atoms with Gasteiger partial charge in [-0.1, -0.05) is 0 Å². The smallest absolute Gasteiger partial charge is 0.177 e. The molecule has 17 heavy (non-hydrogen) atoms. The number of nitrogens with one attached hydrogen (secondary N) is 1. The summed E-state index contributed by atoms with van der Waals surface area (Å²) in [7, 11) is 0. The molecular weight excluding hydrogens is 212 g/mol. The summed E-state index contributed by atoms with van der Waals surface area (Å²) in [6.45, 7) is 0. The van der Waals surface area contributed by atoms with Crippen molar-refractivity contribution >= 4 is 11.2 Å². The fourth-order valence-electron chi connectivity index (χ4n) is 1.94. The Morgan fingerprint density at radius 1 is 0.941 bits per heavy atom. The number of rotatable bonds is 3. The molecule has 84 valence electrons. The molecule has 0 saturated carbocycles. The largest absolute Gasteiger partial charge is 0.343 e. The molecule has 0 aliphatic rings.